The van der Waals surface area contributed by atoms with Gasteiger partial charge in [0.15, 0.2) is 0 Å². The first-order chi connectivity index (χ1) is 5.77. The molecule has 12 heavy (non-hydrogen) atoms. The fourth-order valence-corrected chi connectivity index (χ4v) is 1.06. The van der Waals surface area contributed by atoms with E-state index in [4.69, 9.17) is 0 Å². The van der Waals surface area contributed by atoms with Crippen molar-refractivity contribution < 1.29 is 0 Å². The summed E-state index contributed by atoms with van der Waals surface area (Å²) in [6.45, 7) is 8.12. The minimum Gasteiger partial charge on any atom is -0.261 e. The van der Waals surface area contributed by atoms with E-state index in [1.54, 1.807) is 0 Å². The van der Waals surface area contributed by atoms with Gasteiger partial charge >= 0.3 is 0 Å². The van der Waals surface area contributed by atoms with Crippen molar-refractivity contribution in [2.75, 3.05) is 0 Å². The highest BCUT2D eigenvalue weighted by atomic mass is 14.8. The predicted molar refractivity (Wildman–Crippen MR) is 54.4 cm³/mol. The minimum atomic E-state index is 0.691. The molecule has 0 aromatic carbocycles. The molecule has 1 heteroatoms. The van der Waals surface area contributed by atoms with Gasteiger partial charge in [-0.25, -0.2) is 0 Å². The van der Waals surface area contributed by atoms with Crippen LogP contribution in [-0.2, 0) is 0 Å². The van der Waals surface area contributed by atoms with E-state index in [1.807, 2.05) is 13.1 Å². The molecule has 0 aromatic heterocycles. The second-order valence-corrected chi connectivity index (χ2v) is 3.24. The normalized spacial score (nSPS) is 18.7. The predicted octanol–water partition coefficient (Wildman–Crippen LogP) is 3.34. The Hall–Kier alpha value is -0.850. The van der Waals surface area contributed by atoms with Crippen molar-refractivity contribution in [3.63, 3.8) is 0 Å². The van der Waals surface area contributed by atoms with E-state index in [2.05, 4.69) is 24.6 Å². The van der Waals surface area contributed by atoms with E-state index < -0.39 is 0 Å². The van der Waals surface area contributed by atoms with Gasteiger partial charge in [0, 0.05) is 17.8 Å². The number of rotatable bonds is 4. The molecule has 0 aromatic rings. The summed E-state index contributed by atoms with van der Waals surface area (Å²) in [6, 6.07) is 0. The van der Waals surface area contributed by atoms with Crippen LogP contribution < -0.4 is 0 Å². The van der Waals surface area contributed by atoms with Gasteiger partial charge in [0.05, 0.1) is 0 Å². The third-order valence-electron chi connectivity index (χ3n) is 2.22. The molecule has 1 nitrogen and oxygen atoms in total. The highest BCUT2D eigenvalue weighted by Crippen LogP contribution is 2.35. The van der Waals surface area contributed by atoms with E-state index >= 15 is 0 Å². The van der Waals surface area contributed by atoms with E-state index in [0.29, 0.717) is 5.92 Å². The lowest BCUT2D eigenvalue weighted by molar-refractivity contribution is 0.990. The zero-order chi connectivity index (χ0) is 8.97. The second-order valence-electron chi connectivity index (χ2n) is 3.24. The van der Waals surface area contributed by atoms with Crippen LogP contribution in [0.1, 0.15) is 33.1 Å². The van der Waals surface area contributed by atoms with Gasteiger partial charge in [0.1, 0.15) is 0 Å². The molecule has 0 aliphatic heterocycles. The number of nitrogens with zero attached hydrogens (tertiary/aromatic N) is 1. The van der Waals surface area contributed by atoms with Gasteiger partial charge < -0.3 is 0 Å². The molecule has 1 fully saturated rings. The van der Waals surface area contributed by atoms with Crippen molar-refractivity contribution in [1.29, 1.82) is 0 Å². The highest BCUT2D eigenvalue weighted by Gasteiger charge is 2.23. The van der Waals surface area contributed by atoms with Crippen LogP contribution in [0.25, 0.3) is 0 Å². The SMILES string of the molecule is C=C(N=C/C(=C\C)CC)C1CC1. The van der Waals surface area contributed by atoms with Crippen LogP contribution in [-0.4, -0.2) is 6.21 Å². The summed E-state index contributed by atoms with van der Waals surface area (Å²) in [6.07, 6.45) is 7.67. The Balaban J connectivity index is 2.41. The zero-order valence-electron chi connectivity index (χ0n) is 8.01. The van der Waals surface area contributed by atoms with Gasteiger partial charge in [-0.1, -0.05) is 19.6 Å². The molecule has 0 saturated heterocycles. The second kappa shape index (κ2) is 4.24. The smallest absolute Gasteiger partial charge is 0.0362 e. The summed E-state index contributed by atoms with van der Waals surface area (Å²) < 4.78 is 0. The molecule has 0 heterocycles. The van der Waals surface area contributed by atoms with Crippen LogP contribution >= 0.6 is 0 Å². The van der Waals surface area contributed by atoms with Crippen molar-refractivity contribution in [2.24, 2.45) is 10.9 Å². The summed E-state index contributed by atoms with van der Waals surface area (Å²) in [5.41, 5.74) is 2.35. The Kier molecular flexibility index (Phi) is 3.27. The van der Waals surface area contributed by atoms with E-state index in [1.165, 1.54) is 18.4 Å². The summed E-state index contributed by atoms with van der Waals surface area (Å²) in [7, 11) is 0. The lowest BCUT2D eigenvalue weighted by Crippen LogP contribution is -1.84. The van der Waals surface area contributed by atoms with Gasteiger partial charge in [0.25, 0.3) is 0 Å². The summed E-state index contributed by atoms with van der Waals surface area (Å²) in [5, 5.41) is 0. The first-order valence-corrected chi connectivity index (χ1v) is 4.66. The first-order valence-electron chi connectivity index (χ1n) is 4.66. The maximum Gasteiger partial charge on any atom is 0.0362 e. The van der Waals surface area contributed by atoms with Gasteiger partial charge in [0.2, 0.25) is 0 Å². The molecule has 1 aliphatic carbocycles. The van der Waals surface area contributed by atoms with Gasteiger partial charge in [-0.05, 0) is 31.8 Å². The Morgan fingerprint density at radius 3 is 2.67 bits per heavy atom. The fraction of sp³-hybridized carbons (Fsp3) is 0.545. The Bertz CT molecular complexity index is 219. The average Bonchev–Trinajstić information content (AvgIpc) is 2.88. The van der Waals surface area contributed by atoms with Gasteiger partial charge in [-0.2, -0.15) is 0 Å². The summed E-state index contributed by atoms with van der Waals surface area (Å²) in [5.74, 6) is 0.691. The molecule has 0 N–H and O–H groups in total. The topological polar surface area (TPSA) is 12.4 Å². The van der Waals surface area contributed by atoms with Crippen molar-refractivity contribution in [3.05, 3.63) is 23.9 Å². The van der Waals surface area contributed by atoms with Crippen LogP contribution in [0.15, 0.2) is 28.9 Å². The number of hydrogen-bond donors (Lipinski definition) is 0. The third-order valence-corrected chi connectivity index (χ3v) is 2.22. The number of aliphatic imine (C=N–C) groups is 1. The lowest BCUT2D eigenvalue weighted by Gasteiger charge is -1.96. The van der Waals surface area contributed by atoms with Crippen molar-refractivity contribution in [2.45, 2.75) is 33.1 Å². The summed E-state index contributed by atoms with van der Waals surface area (Å²) in [4.78, 5) is 4.34. The third kappa shape index (κ3) is 2.65. The van der Waals surface area contributed by atoms with E-state index in [-0.39, 0.29) is 0 Å². The van der Waals surface area contributed by atoms with Crippen LogP contribution in [0, 0.1) is 5.92 Å². The highest BCUT2D eigenvalue weighted by molar-refractivity contribution is 5.79. The van der Waals surface area contributed by atoms with Crippen molar-refractivity contribution in [1.82, 2.24) is 0 Å². The summed E-state index contributed by atoms with van der Waals surface area (Å²) >= 11 is 0. The molecule has 0 radical (unpaired) electrons. The maximum absolute atomic E-state index is 4.34. The Morgan fingerprint density at radius 2 is 2.25 bits per heavy atom. The molecule has 0 unspecified atom stereocenters. The van der Waals surface area contributed by atoms with Crippen LogP contribution in [0.3, 0.4) is 0 Å². The first kappa shape index (κ1) is 9.24. The quantitative estimate of drug-likeness (QED) is 0.564. The fourth-order valence-electron chi connectivity index (χ4n) is 1.06. The molecule has 0 atom stereocenters. The van der Waals surface area contributed by atoms with Gasteiger partial charge in [-0.3, -0.25) is 4.99 Å². The zero-order valence-corrected chi connectivity index (χ0v) is 8.01. The van der Waals surface area contributed by atoms with E-state index in [9.17, 15) is 0 Å². The van der Waals surface area contributed by atoms with Crippen LogP contribution in [0.5, 0.6) is 0 Å². The molecular formula is C11H17N. The van der Waals surface area contributed by atoms with Crippen LogP contribution in [0.2, 0.25) is 0 Å². The average molecular weight is 163 g/mol. The Morgan fingerprint density at radius 1 is 1.58 bits per heavy atom. The molecule has 0 amide bonds. The molecule has 0 spiro atoms. The minimum absolute atomic E-state index is 0.691. The number of hydrogen-bond acceptors (Lipinski definition) is 1. The van der Waals surface area contributed by atoms with Crippen LogP contribution in [0.4, 0.5) is 0 Å². The molecule has 66 valence electrons. The molecular weight excluding hydrogens is 146 g/mol. The molecule has 0 bridgehead atoms. The van der Waals surface area contributed by atoms with Crippen molar-refractivity contribution >= 4 is 6.21 Å². The lowest BCUT2D eigenvalue weighted by atomic mass is 10.2. The van der Waals surface area contributed by atoms with Crippen molar-refractivity contribution in [3.8, 4) is 0 Å². The maximum atomic E-state index is 4.34. The molecule has 1 aliphatic rings. The van der Waals surface area contributed by atoms with Gasteiger partial charge in [-0.15, -0.1) is 0 Å². The molecule has 1 rings (SSSR count). The molecule has 1 saturated carbocycles. The largest absolute Gasteiger partial charge is 0.261 e. The number of allylic oxidation sites excluding steroid dienone is 3. The standard InChI is InChI=1S/C11H17N/c1-4-10(5-2)8-12-9(3)11-6-7-11/h4,8,11H,3,5-7H2,1-2H3/b10-4-,12-8?. The van der Waals surface area contributed by atoms with E-state index in [0.717, 1.165) is 12.1 Å². The monoisotopic (exact) mass is 163 g/mol. The Labute approximate surface area is 74.9 Å².